The van der Waals surface area contributed by atoms with E-state index in [2.05, 4.69) is 0 Å². The molecular formula is C26H24O4. The van der Waals surface area contributed by atoms with Crippen molar-refractivity contribution in [1.82, 2.24) is 0 Å². The third-order valence-corrected chi connectivity index (χ3v) is 4.94. The molecule has 0 amide bonds. The highest BCUT2D eigenvalue weighted by atomic mass is 16.5. The van der Waals surface area contributed by atoms with Gasteiger partial charge in [0.05, 0.1) is 5.39 Å². The van der Waals surface area contributed by atoms with Crippen LogP contribution in [-0.4, -0.2) is 13.2 Å². The van der Waals surface area contributed by atoms with Crippen molar-refractivity contribution in [3.63, 3.8) is 0 Å². The topological polar surface area (TPSA) is 48.7 Å². The van der Waals surface area contributed by atoms with Gasteiger partial charge in [-0.25, -0.2) is 0 Å². The highest BCUT2D eigenvalue weighted by Gasteiger charge is 2.18. The van der Waals surface area contributed by atoms with Crippen LogP contribution in [0.5, 0.6) is 11.5 Å². The summed E-state index contributed by atoms with van der Waals surface area (Å²) in [5.41, 5.74) is 4.47. The molecule has 0 radical (unpaired) electrons. The number of rotatable bonds is 6. The molecule has 30 heavy (non-hydrogen) atoms. The molecule has 0 atom stereocenters. The van der Waals surface area contributed by atoms with Crippen LogP contribution >= 0.6 is 0 Å². The fourth-order valence-electron chi connectivity index (χ4n) is 3.26. The van der Waals surface area contributed by atoms with Crippen molar-refractivity contribution in [3.8, 4) is 22.8 Å². The van der Waals surface area contributed by atoms with Crippen LogP contribution in [0.2, 0.25) is 0 Å². The van der Waals surface area contributed by atoms with Gasteiger partial charge in [-0.3, -0.25) is 4.79 Å². The minimum absolute atomic E-state index is 0.175. The van der Waals surface area contributed by atoms with Gasteiger partial charge in [-0.2, -0.15) is 0 Å². The molecule has 0 fully saturated rings. The number of benzene rings is 3. The Labute approximate surface area is 175 Å². The van der Waals surface area contributed by atoms with E-state index in [4.69, 9.17) is 13.9 Å². The monoisotopic (exact) mass is 400 g/mol. The zero-order valence-electron chi connectivity index (χ0n) is 17.4. The lowest BCUT2D eigenvalue weighted by Gasteiger charge is -2.13. The maximum atomic E-state index is 13.2. The Balaban J connectivity index is 1.64. The molecule has 4 aromatic rings. The van der Waals surface area contributed by atoms with Crippen LogP contribution in [0.15, 0.2) is 75.9 Å². The summed E-state index contributed by atoms with van der Waals surface area (Å²) >= 11 is 0. The van der Waals surface area contributed by atoms with Crippen LogP contribution in [0.1, 0.15) is 16.7 Å². The summed E-state index contributed by atoms with van der Waals surface area (Å²) in [4.78, 5) is 13.2. The van der Waals surface area contributed by atoms with Gasteiger partial charge in [0.2, 0.25) is 11.2 Å². The Bertz CT molecular complexity index is 1220. The normalized spacial score (nSPS) is 10.9. The smallest absolute Gasteiger partial charge is 0.235 e. The Morgan fingerprint density at radius 3 is 2.03 bits per heavy atom. The fraction of sp³-hybridized carbons (Fsp3) is 0.192. The lowest BCUT2D eigenvalue weighted by molar-refractivity contribution is 0.214. The summed E-state index contributed by atoms with van der Waals surface area (Å²) < 4.78 is 17.8. The molecule has 0 saturated heterocycles. The van der Waals surface area contributed by atoms with Crippen molar-refractivity contribution in [1.29, 1.82) is 0 Å². The second kappa shape index (κ2) is 8.46. The maximum absolute atomic E-state index is 13.2. The number of aryl methyl sites for hydroxylation is 3. The molecule has 0 saturated carbocycles. The van der Waals surface area contributed by atoms with Gasteiger partial charge in [0.1, 0.15) is 24.5 Å². The van der Waals surface area contributed by atoms with Crippen molar-refractivity contribution < 1.29 is 13.9 Å². The molecule has 4 nitrogen and oxygen atoms in total. The van der Waals surface area contributed by atoms with Crippen LogP contribution in [0, 0.1) is 20.8 Å². The summed E-state index contributed by atoms with van der Waals surface area (Å²) in [6.07, 6.45) is 0. The van der Waals surface area contributed by atoms with Crippen LogP contribution in [0.25, 0.3) is 22.3 Å². The SMILES string of the molecule is Cc1ccc(OCCOc2c(-c3ccc(C)cc3)oc3ccc(C)cc3c2=O)cc1. The lowest BCUT2D eigenvalue weighted by atomic mass is 10.1. The average molecular weight is 400 g/mol. The first-order valence-electron chi connectivity index (χ1n) is 9.98. The second-order valence-corrected chi connectivity index (χ2v) is 7.47. The Morgan fingerprint density at radius 2 is 1.33 bits per heavy atom. The minimum atomic E-state index is -0.175. The maximum Gasteiger partial charge on any atom is 0.235 e. The Kier molecular flexibility index (Phi) is 5.57. The highest BCUT2D eigenvalue weighted by molar-refractivity contribution is 5.82. The zero-order valence-corrected chi connectivity index (χ0v) is 17.4. The summed E-state index contributed by atoms with van der Waals surface area (Å²) in [7, 11) is 0. The third kappa shape index (κ3) is 4.23. The van der Waals surface area contributed by atoms with Gasteiger partial charge in [-0.05, 0) is 45.0 Å². The van der Waals surface area contributed by atoms with Gasteiger partial charge >= 0.3 is 0 Å². The number of hydrogen-bond donors (Lipinski definition) is 0. The van der Waals surface area contributed by atoms with E-state index < -0.39 is 0 Å². The molecule has 0 aliphatic rings. The van der Waals surface area contributed by atoms with Crippen LogP contribution in [0.3, 0.4) is 0 Å². The van der Waals surface area contributed by atoms with Gasteiger partial charge in [-0.15, -0.1) is 0 Å². The van der Waals surface area contributed by atoms with Gasteiger partial charge in [0, 0.05) is 5.56 Å². The Hall–Kier alpha value is -3.53. The minimum Gasteiger partial charge on any atom is -0.490 e. The summed E-state index contributed by atoms with van der Waals surface area (Å²) in [5, 5.41) is 0.514. The van der Waals surface area contributed by atoms with Crippen LogP contribution < -0.4 is 14.9 Å². The molecule has 0 unspecified atom stereocenters. The van der Waals surface area contributed by atoms with Crippen molar-refractivity contribution in [2.24, 2.45) is 0 Å². The quantitative estimate of drug-likeness (QED) is 0.381. The fourth-order valence-corrected chi connectivity index (χ4v) is 3.26. The molecular weight excluding hydrogens is 376 g/mol. The molecule has 0 bridgehead atoms. The number of ether oxygens (including phenoxy) is 2. The number of fused-ring (bicyclic) bond motifs is 1. The van der Waals surface area contributed by atoms with Gasteiger partial charge in [0.15, 0.2) is 5.76 Å². The molecule has 152 valence electrons. The van der Waals surface area contributed by atoms with E-state index in [1.807, 2.05) is 87.5 Å². The molecule has 4 rings (SSSR count). The van der Waals surface area contributed by atoms with E-state index in [0.29, 0.717) is 23.3 Å². The first-order valence-corrected chi connectivity index (χ1v) is 9.98. The zero-order chi connectivity index (χ0) is 21.1. The number of hydrogen-bond acceptors (Lipinski definition) is 4. The predicted octanol–water partition coefficient (Wildman–Crippen LogP) is 5.84. The van der Waals surface area contributed by atoms with E-state index in [-0.39, 0.29) is 17.8 Å². The second-order valence-electron chi connectivity index (χ2n) is 7.47. The molecule has 0 aliphatic carbocycles. The molecule has 0 spiro atoms. The molecule has 4 heteroatoms. The van der Waals surface area contributed by atoms with E-state index in [1.54, 1.807) is 0 Å². The summed E-state index contributed by atoms with van der Waals surface area (Å²) in [5.74, 6) is 1.42. The van der Waals surface area contributed by atoms with Crippen LogP contribution in [-0.2, 0) is 0 Å². The van der Waals surface area contributed by atoms with Gasteiger partial charge in [0.25, 0.3) is 0 Å². The lowest BCUT2D eigenvalue weighted by Crippen LogP contribution is -2.15. The summed E-state index contributed by atoms with van der Waals surface area (Å²) in [6.45, 7) is 6.54. The van der Waals surface area contributed by atoms with Crippen molar-refractivity contribution in [2.75, 3.05) is 13.2 Å². The van der Waals surface area contributed by atoms with Crippen molar-refractivity contribution >= 4 is 11.0 Å². The Morgan fingerprint density at radius 1 is 0.733 bits per heavy atom. The van der Waals surface area contributed by atoms with Crippen LogP contribution in [0.4, 0.5) is 0 Å². The average Bonchev–Trinajstić information content (AvgIpc) is 2.74. The molecule has 1 heterocycles. The molecule has 0 aliphatic heterocycles. The highest BCUT2D eigenvalue weighted by Crippen LogP contribution is 2.31. The van der Waals surface area contributed by atoms with E-state index in [9.17, 15) is 4.79 Å². The van der Waals surface area contributed by atoms with Gasteiger partial charge < -0.3 is 13.9 Å². The predicted molar refractivity (Wildman–Crippen MR) is 120 cm³/mol. The molecule has 0 N–H and O–H groups in total. The third-order valence-electron chi connectivity index (χ3n) is 4.94. The van der Waals surface area contributed by atoms with E-state index in [1.165, 1.54) is 5.56 Å². The first-order chi connectivity index (χ1) is 14.5. The molecule has 1 aromatic heterocycles. The van der Waals surface area contributed by atoms with Gasteiger partial charge in [-0.1, -0.05) is 59.2 Å². The molecule has 3 aromatic carbocycles. The standard InChI is InChI=1S/C26H24O4/c1-17-4-9-20(10-5-17)25-26(24(27)22-16-19(3)8-13-23(22)30-25)29-15-14-28-21-11-6-18(2)7-12-21/h4-13,16H,14-15H2,1-3H3. The summed E-state index contributed by atoms with van der Waals surface area (Å²) in [6, 6.07) is 21.2. The van der Waals surface area contributed by atoms with Crippen molar-refractivity contribution in [2.45, 2.75) is 20.8 Å². The van der Waals surface area contributed by atoms with Crippen molar-refractivity contribution in [3.05, 3.63) is 93.6 Å². The van der Waals surface area contributed by atoms with E-state index in [0.717, 1.165) is 22.4 Å². The first kappa shape index (κ1) is 19.8. The largest absolute Gasteiger partial charge is 0.490 e. The van der Waals surface area contributed by atoms with E-state index >= 15 is 0 Å².